The normalized spacial score (nSPS) is 17.8. The van der Waals surface area contributed by atoms with Crippen LogP contribution >= 0.6 is 11.6 Å². The minimum Gasteiger partial charge on any atom is -0.504 e. The Labute approximate surface area is 123 Å². The maximum Gasteiger partial charge on any atom is 0.314 e. The summed E-state index contributed by atoms with van der Waals surface area (Å²) in [5, 5.41) is 20.5. The number of hydrogen-bond acceptors (Lipinski definition) is 3. The molecule has 0 amide bonds. The van der Waals surface area contributed by atoms with E-state index in [1.54, 1.807) is 13.0 Å². The number of ether oxygens (including phenoxy) is 1. The minimum absolute atomic E-state index is 0.0984. The van der Waals surface area contributed by atoms with Crippen molar-refractivity contribution in [2.45, 2.75) is 44.4 Å². The van der Waals surface area contributed by atoms with Crippen LogP contribution in [0.25, 0.3) is 0 Å². The Balaban J connectivity index is 2.66. The first-order valence-corrected chi connectivity index (χ1v) is 7.12. The van der Waals surface area contributed by atoms with E-state index in [0.29, 0.717) is 29.0 Å². The molecule has 1 aliphatic carbocycles. The van der Waals surface area contributed by atoms with E-state index in [1.165, 1.54) is 7.11 Å². The van der Waals surface area contributed by atoms with Gasteiger partial charge in [0.05, 0.1) is 12.5 Å². The third kappa shape index (κ3) is 2.22. The summed E-state index contributed by atoms with van der Waals surface area (Å²) in [5.41, 5.74) is -0.0728. The first kappa shape index (κ1) is 15.0. The van der Waals surface area contributed by atoms with E-state index in [9.17, 15) is 15.0 Å². The fourth-order valence-electron chi connectivity index (χ4n) is 3.08. The lowest BCUT2D eigenvalue weighted by molar-refractivity contribution is -0.145. The van der Waals surface area contributed by atoms with Gasteiger partial charge < -0.3 is 14.9 Å². The van der Waals surface area contributed by atoms with Crippen molar-refractivity contribution in [1.29, 1.82) is 0 Å². The molecule has 20 heavy (non-hydrogen) atoms. The lowest BCUT2D eigenvalue weighted by atomic mass is 9.69. The molecule has 1 aromatic carbocycles. The Morgan fingerprint density at radius 2 is 1.95 bits per heavy atom. The van der Waals surface area contributed by atoms with E-state index in [-0.39, 0.29) is 11.5 Å². The van der Waals surface area contributed by atoms with Crippen molar-refractivity contribution in [3.05, 3.63) is 22.2 Å². The molecule has 0 aromatic heterocycles. The van der Waals surface area contributed by atoms with Gasteiger partial charge in [0.2, 0.25) is 0 Å². The molecule has 5 heteroatoms. The predicted molar refractivity (Wildman–Crippen MR) is 76.8 cm³/mol. The number of hydrogen-bond donors (Lipinski definition) is 2. The molecule has 110 valence electrons. The highest BCUT2D eigenvalue weighted by molar-refractivity contribution is 6.31. The number of rotatable bonds is 3. The van der Waals surface area contributed by atoms with Gasteiger partial charge in [-0.3, -0.25) is 4.79 Å². The van der Waals surface area contributed by atoms with Crippen LogP contribution in [0.2, 0.25) is 5.02 Å². The number of carboxylic acids is 1. The molecule has 2 rings (SSSR count). The zero-order valence-corrected chi connectivity index (χ0v) is 12.5. The summed E-state index contributed by atoms with van der Waals surface area (Å²) in [7, 11) is 1.44. The molecule has 4 nitrogen and oxygen atoms in total. The molecule has 0 atom stereocenters. The van der Waals surface area contributed by atoms with Crippen LogP contribution in [0.15, 0.2) is 6.07 Å². The van der Waals surface area contributed by atoms with Gasteiger partial charge in [-0.15, -0.1) is 0 Å². The molecule has 0 bridgehead atoms. The Hall–Kier alpha value is -1.42. The largest absolute Gasteiger partial charge is 0.504 e. The van der Waals surface area contributed by atoms with E-state index in [2.05, 4.69) is 0 Å². The average Bonchev–Trinajstić information content (AvgIpc) is 2.44. The molecular weight excluding hydrogens is 280 g/mol. The smallest absolute Gasteiger partial charge is 0.314 e. The summed E-state index contributed by atoms with van der Waals surface area (Å²) in [6.07, 6.45) is 3.71. The number of halogens is 1. The third-order valence-electron chi connectivity index (χ3n) is 4.28. The van der Waals surface area contributed by atoms with Crippen LogP contribution in [-0.2, 0) is 10.2 Å². The van der Waals surface area contributed by atoms with Gasteiger partial charge in [0.25, 0.3) is 0 Å². The van der Waals surface area contributed by atoms with Gasteiger partial charge in [0, 0.05) is 16.1 Å². The Kier molecular flexibility index (Phi) is 4.14. The molecule has 0 unspecified atom stereocenters. The zero-order chi connectivity index (χ0) is 14.9. The molecule has 1 aliphatic rings. The average molecular weight is 299 g/mol. The molecule has 0 spiro atoms. The van der Waals surface area contributed by atoms with E-state index in [1.807, 2.05) is 0 Å². The first-order valence-electron chi connectivity index (χ1n) is 6.74. The van der Waals surface area contributed by atoms with Gasteiger partial charge in [-0.2, -0.15) is 0 Å². The topological polar surface area (TPSA) is 66.8 Å². The van der Waals surface area contributed by atoms with Crippen molar-refractivity contribution in [3.63, 3.8) is 0 Å². The van der Waals surface area contributed by atoms with Crippen LogP contribution in [0, 0.1) is 6.92 Å². The monoisotopic (exact) mass is 298 g/mol. The molecule has 0 radical (unpaired) electrons. The number of carboxylic acid groups (broad SMARTS) is 1. The summed E-state index contributed by atoms with van der Waals surface area (Å²) in [6, 6.07) is 1.58. The van der Waals surface area contributed by atoms with Crippen molar-refractivity contribution in [2.24, 2.45) is 0 Å². The van der Waals surface area contributed by atoms with Gasteiger partial charge in [0.15, 0.2) is 11.5 Å². The van der Waals surface area contributed by atoms with Crippen LogP contribution in [0.1, 0.15) is 43.2 Å². The van der Waals surface area contributed by atoms with Crippen LogP contribution < -0.4 is 4.74 Å². The van der Waals surface area contributed by atoms with E-state index in [4.69, 9.17) is 16.3 Å². The maximum atomic E-state index is 11.8. The highest BCUT2D eigenvalue weighted by Gasteiger charge is 2.44. The van der Waals surface area contributed by atoms with Crippen molar-refractivity contribution >= 4 is 17.6 Å². The summed E-state index contributed by atoms with van der Waals surface area (Å²) >= 11 is 6.17. The van der Waals surface area contributed by atoms with Crippen LogP contribution in [0.3, 0.4) is 0 Å². The molecule has 2 N–H and O–H groups in total. The predicted octanol–water partition coefficient (Wildman–Crippen LogP) is 3.65. The van der Waals surface area contributed by atoms with Crippen molar-refractivity contribution in [3.8, 4) is 11.5 Å². The number of phenolic OH excluding ortho intramolecular Hbond substituents is 1. The van der Waals surface area contributed by atoms with Gasteiger partial charge >= 0.3 is 5.97 Å². The number of phenols is 1. The summed E-state index contributed by atoms with van der Waals surface area (Å²) in [6.45, 7) is 1.74. The summed E-state index contributed by atoms with van der Waals surface area (Å²) < 4.78 is 5.19. The minimum atomic E-state index is -1.06. The Morgan fingerprint density at radius 1 is 1.35 bits per heavy atom. The summed E-state index contributed by atoms with van der Waals surface area (Å²) in [4.78, 5) is 11.8. The van der Waals surface area contributed by atoms with Gasteiger partial charge in [-0.25, -0.2) is 0 Å². The molecule has 1 fully saturated rings. The number of aromatic hydroxyl groups is 1. The Bertz CT molecular complexity index is 533. The number of carbonyl (C=O) groups is 1. The van der Waals surface area contributed by atoms with Crippen molar-refractivity contribution < 1.29 is 19.7 Å². The highest BCUT2D eigenvalue weighted by atomic mass is 35.5. The van der Waals surface area contributed by atoms with Gasteiger partial charge in [-0.05, 0) is 25.8 Å². The lowest BCUT2D eigenvalue weighted by Crippen LogP contribution is -2.38. The number of methoxy groups -OCH3 is 1. The van der Waals surface area contributed by atoms with E-state index in [0.717, 1.165) is 19.3 Å². The van der Waals surface area contributed by atoms with Crippen molar-refractivity contribution in [1.82, 2.24) is 0 Å². The lowest BCUT2D eigenvalue weighted by Gasteiger charge is -2.34. The first-order chi connectivity index (χ1) is 9.44. The second kappa shape index (κ2) is 5.52. The highest BCUT2D eigenvalue weighted by Crippen LogP contribution is 2.48. The quantitative estimate of drug-likeness (QED) is 0.894. The fourth-order valence-corrected chi connectivity index (χ4v) is 3.27. The van der Waals surface area contributed by atoms with E-state index < -0.39 is 11.4 Å². The Morgan fingerprint density at radius 3 is 2.45 bits per heavy atom. The third-order valence-corrected chi connectivity index (χ3v) is 4.67. The van der Waals surface area contributed by atoms with E-state index >= 15 is 0 Å². The standard InChI is InChI=1S/C15H19ClO4/c1-9-11(16)8-10(12(17)13(9)20-2)15(14(18)19)6-4-3-5-7-15/h8,17H,3-7H2,1-2H3,(H,18,19). The SMILES string of the molecule is COc1c(C)c(Cl)cc(C2(C(=O)O)CCCCC2)c1O. The van der Waals surface area contributed by atoms with Gasteiger partial charge in [-0.1, -0.05) is 30.9 Å². The second-order valence-corrected chi connectivity index (χ2v) is 5.77. The maximum absolute atomic E-state index is 11.8. The molecule has 0 saturated heterocycles. The fraction of sp³-hybridized carbons (Fsp3) is 0.533. The van der Waals surface area contributed by atoms with Gasteiger partial charge in [0.1, 0.15) is 0 Å². The second-order valence-electron chi connectivity index (χ2n) is 5.36. The summed E-state index contributed by atoms with van der Waals surface area (Å²) in [5.74, 6) is -0.744. The molecule has 0 aliphatic heterocycles. The van der Waals surface area contributed by atoms with Crippen LogP contribution in [0.4, 0.5) is 0 Å². The molecule has 1 aromatic rings. The molecule has 1 saturated carbocycles. The zero-order valence-electron chi connectivity index (χ0n) is 11.7. The van der Waals surface area contributed by atoms with Crippen LogP contribution in [-0.4, -0.2) is 23.3 Å². The molecular formula is C15H19ClO4. The van der Waals surface area contributed by atoms with Crippen LogP contribution in [0.5, 0.6) is 11.5 Å². The molecule has 0 heterocycles. The van der Waals surface area contributed by atoms with Crippen molar-refractivity contribution in [2.75, 3.05) is 7.11 Å². The number of benzene rings is 1. The number of aliphatic carboxylic acids is 1.